The van der Waals surface area contributed by atoms with Crippen LogP contribution in [0.1, 0.15) is 19.3 Å². The number of urea groups is 1. The van der Waals surface area contributed by atoms with Crippen molar-refractivity contribution in [2.45, 2.75) is 30.6 Å². The molecular weight excluding hydrogens is 292 g/mol. The van der Waals surface area contributed by atoms with E-state index in [-0.39, 0.29) is 18.7 Å². The first-order chi connectivity index (χ1) is 10.0. The molecule has 2 fully saturated rings. The van der Waals surface area contributed by atoms with Gasteiger partial charge in [-0.2, -0.15) is 11.8 Å². The molecule has 0 spiro atoms. The van der Waals surface area contributed by atoms with Crippen LogP contribution in [-0.4, -0.2) is 66.4 Å². The van der Waals surface area contributed by atoms with Gasteiger partial charge >= 0.3 is 12.0 Å². The Morgan fingerprint density at radius 2 is 2.05 bits per heavy atom. The SMILES string of the molecule is COC1CC(C(=O)O)CN(C(=O)NCC2CC(SC)C2)C1. The predicted octanol–water partition coefficient (Wildman–Crippen LogP) is 1.26. The number of piperidine rings is 1. The second-order valence-electron chi connectivity index (χ2n) is 5.91. The van der Waals surface area contributed by atoms with E-state index in [0.29, 0.717) is 25.4 Å². The zero-order valence-electron chi connectivity index (χ0n) is 12.6. The highest BCUT2D eigenvalue weighted by molar-refractivity contribution is 7.99. The molecule has 1 aliphatic carbocycles. The first-order valence-corrected chi connectivity index (χ1v) is 8.63. The second-order valence-corrected chi connectivity index (χ2v) is 7.05. The van der Waals surface area contributed by atoms with Crippen molar-refractivity contribution >= 4 is 23.8 Å². The number of aliphatic carboxylic acids is 1. The van der Waals surface area contributed by atoms with Gasteiger partial charge in [-0.1, -0.05) is 0 Å². The minimum absolute atomic E-state index is 0.171. The first-order valence-electron chi connectivity index (χ1n) is 7.34. The van der Waals surface area contributed by atoms with E-state index in [2.05, 4.69) is 11.6 Å². The van der Waals surface area contributed by atoms with Crippen molar-refractivity contribution in [2.75, 3.05) is 33.0 Å². The number of rotatable bonds is 5. The summed E-state index contributed by atoms with van der Waals surface area (Å²) in [6.07, 6.45) is 4.69. The van der Waals surface area contributed by atoms with E-state index >= 15 is 0 Å². The lowest BCUT2D eigenvalue weighted by molar-refractivity contribution is -0.145. The van der Waals surface area contributed by atoms with Gasteiger partial charge in [0.15, 0.2) is 0 Å². The van der Waals surface area contributed by atoms with E-state index in [1.807, 2.05) is 11.8 Å². The first kappa shape index (κ1) is 16.4. The lowest BCUT2D eigenvalue weighted by atomic mass is 9.85. The number of nitrogens with one attached hydrogen (secondary N) is 1. The summed E-state index contributed by atoms with van der Waals surface area (Å²) in [5.41, 5.74) is 0. The molecule has 2 unspecified atom stereocenters. The standard InChI is InChI=1S/C14H24N2O4S/c1-20-11-5-10(13(17)18)7-16(8-11)14(19)15-6-9-3-12(4-9)21-2/h9-12H,3-8H2,1-2H3,(H,15,19)(H,17,18). The molecular formula is C14H24N2O4S. The highest BCUT2D eigenvalue weighted by atomic mass is 32.2. The number of hydrogen-bond donors (Lipinski definition) is 2. The predicted molar refractivity (Wildman–Crippen MR) is 81.5 cm³/mol. The highest BCUT2D eigenvalue weighted by Crippen LogP contribution is 2.35. The molecule has 1 saturated heterocycles. The van der Waals surface area contributed by atoms with Crippen LogP contribution >= 0.6 is 11.8 Å². The second kappa shape index (κ2) is 7.35. The van der Waals surface area contributed by atoms with Crippen LogP contribution in [0.3, 0.4) is 0 Å². The van der Waals surface area contributed by atoms with E-state index < -0.39 is 11.9 Å². The summed E-state index contributed by atoms with van der Waals surface area (Å²) >= 11 is 1.88. The Kier molecular flexibility index (Phi) is 5.75. The summed E-state index contributed by atoms with van der Waals surface area (Å²) in [6.45, 7) is 1.41. The highest BCUT2D eigenvalue weighted by Gasteiger charge is 2.34. The van der Waals surface area contributed by atoms with Crippen LogP contribution in [0, 0.1) is 11.8 Å². The van der Waals surface area contributed by atoms with Gasteiger partial charge in [0.05, 0.1) is 12.0 Å². The third-order valence-corrected chi connectivity index (χ3v) is 5.50. The number of amides is 2. The lowest BCUT2D eigenvalue weighted by Crippen LogP contribution is -2.53. The van der Waals surface area contributed by atoms with Crippen molar-refractivity contribution in [1.29, 1.82) is 0 Å². The number of hydrogen-bond acceptors (Lipinski definition) is 4. The van der Waals surface area contributed by atoms with Crippen molar-refractivity contribution in [3.05, 3.63) is 0 Å². The number of likely N-dealkylation sites (tertiary alicyclic amines) is 1. The van der Waals surface area contributed by atoms with E-state index in [1.165, 1.54) is 0 Å². The smallest absolute Gasteiger partial charge is 0.317 e. The maximum atomic E-state index is 12.2. The Bertz CT molecular complexity index is 387. The maximum absolute atomic E-state index is 12.2. The van der Waals surface area contributed by atoms with Crippen molar-refractivity contribution in [3.63, 3.8) is 0 Å². The Balaban J connectivity index is 1.79. The minimum Gasteiger partial charge on any atom is -0.481 e. The molecule has 0 bridgehead atoms. The molecule has 6 nitrogen and oxygen atoms in total. The normalized spacial score (nSPS) is 32.4. The zero-order valence-corrected chi connectivity index (χ0v) is 13.4. The molecule has 2 aliphatic rings. The molecule has 2 amide bonds. The number of carbonyl (C=O) groups excluding carboxylic acids is 1. The molecule has 120 valence electrons. The number of nitrogens with zero attached hydrogens (tertiary/aromatic N) is 1. The van der Waals surface area contributed by atoms with Gasteiger partial charge in [0.25, 0.3) is 0 Å². The zero-order chi connectivity index (χ0) is 15.4. The van der Waals surface area contributed by atoms with Gasteiger partial charge < -0.3 is 20.1 Å². The molecule has 2 atom stereocenters. The van der Waals surface area contributed by atoms with Crippen molar-refractivity contribution in [3.8, 4) is 0 Å². The third kappa shape index (κ3) is 4.26. The van der Waals surface area contributed by atoms with Gasteiger partial charge in [-0.15, -0.1) is 0 Å². The summed E-state index contributed by atoms with van der Waals surface area (Å²) in [5, 5.41) is 12.8. The maximum Gasteiger partial charge on any atom is 0.317 e. The molecule has 0 aromatic carbocycles. The molecule has 2 N–H and O–H groups in total. The number of carbonyl (C=O) groups is 2. The summed E-state index contributed by atoms with van der Waals surface area (Å²) in [5.74, 6) is -0.847. The fourth-order valence-electron chi connectivity index (χ4n) is 2.95. The molecule has 1 aliphatic heterocycles. The van der Waals surface area contributed by atoms with Crippen molar-refractivity contribution in [1.82, 2.24) is 10.2 Å². The largest absolute Gasteiger partial charge is 0.481 e. The third-order valence-electron chi connectivity index (χ3n) is 4.45. The summed E-state index contributed by atoms with van der Waals surface area (Å²) in [4.78, 5) is 24.9. The summed E-state index contributed by atoms with van der Waals surface area (Å²) in [7, 11) is 1.56. The number of carboxylic acids is 1. The van der Waals surface area contributed by atoms with E-state index in [0.717, 1.165) is 18.1 Å². The Morgan fingerprint density at radius 3 is 2.62 bits per heavy atom. The quantitative estimate of drug-likeness (QED) is 0.798. The number of methoxy groups -OCH3 is 1. The molecule has 0 radical (unpaired) electrons. The number of thioether (sulfide) groups is 1. The topological polar surface area (TPSA) is 78.9 Å². The molecule has 1 saturated carbocycles. The molecule has 0 aromatic rings. The fourth-order valence-corrected chi connectivity index (χ4v) is 3.87. The lowest BCUT2D eigenvalue weighted by Gasteiger charge is -2.37. The average Bonchev–Trinajstić information content (AvgIpc) is 2.45. The van der Waals surface area contributed by atoms with Crippen molar-refractivity contribution in [2.24, 2.45) is 11.8 Å². The van der Waals surface area contributed by atoms with Gasteiger partial charge in [0.1, 0.15) is 0 Å². The minimum atomic E-state index is -0.864. The number of carboxylic acid groups (broad SMARTS) is 1. The van der Waals surface area contributed by atoms with Crippen LogP contribution in [0.25, 0.3) is 0 Å². The van der Waals surface area contributed by atoms with E-state index in [1.54, 1.807) is 12.0 Å². The molecule has 0 aromatic heterocycles. The van der Waals surface area contributed by atoms with E-state index in [4.69, 9.17) is 9.84 Å². The molecule has 1 heterocycles. The van der Waals surface area contributed by atoms with Gasteiger partial charge in [-0.25, -0.2) is 4.79 Å². The van der Waals surface area contributed by atoms with E-state index in [9.17, 15) is 9.59 Å². The van der Waals surface area contributed by atoms with Gasteiger partial charge in [0, 0.05) is 32.0 Å². The summed E-state index contributed by atoms with van der Waals surface area (Å²) < 4.78 is 5.25. The molecule has 7 heteroatoms. The van der Waals surface area contributed by atoms with Gasteiger partial charge in [0.2, 0.25) is 0 Å². The monoisotopic (exact) mass is 316 g/mol. The Labute approximate surface area is 129 Å². The van der Waals surface area contributed by atoms with Gasteiger partial charge in [-0.05, 0) is 31.4 Å². The number of ether oxygens (including phenoxy) is 1. The summed E-state index contributed by atoms with van der Waals surface area (Å²) in [6, 6.07) is -0.171. The van der Waals surface area contributed by atoms with Crippen LogP contribution in [0.2, 0.25) is 0 Å². The Hall–Kier alpha value is -0.950. The van der Waals surface area contributed by atoms with Crippen LogP contribution in [0.5, 0.6) is 0 Å². The fraction of sp³-hybridized carbons (Fsp3) is 0.857. The van der Waals surface area contributed by atoms with Crippen molar-refractivity contribution < 1.29 is 19.4 Å². The average molecular weight is 316 g/mol. The molecule has 21 heavy (non-hydrogen) atoms. The molecule has 2 rings (SSSR count). The van der Waals surface area contributed by atoms with Crippen LogP contribution in [0.4, 0.5) is 4.79 Å². The van der Waals surface area contributed by atoms with Crippen LogP contribution < -0.4 is 5.32 Å². The van der Waals surface area contributed by atoms with Crippen LogP contribution in [-0.2, 0) is 9.53 Å². The van der Waals surface area contributed by atoms with Crippen LogP contribution in [0.15, 0.2) is 0 Å². The Morgan fingerprint density at radius 1 is 1.33 bits per heavy atom. The van der Waals surface area contributed by atoms with Gasteiger partial charge in [-0.3, -0.25) is 4.79 Å².